The fraction of sp³-hybridized carbons (Fsp3) is 0.138. The number of aromatic nitrogens is 1. The van der Waals surface area contributed by atoms with Crippen molar-refractivity contribution in [3.63, 3.8) is 0 Å². The van der Waals surface area contributed by atoms with Crippen LogP contribution in [0.4, 0.5) is 0 Å². The van der Waals surface area contributed by atoms with Gasteiger partial charge in [-0.25, -0.2) is 0 Å². The number of hydrogen-bond acceptors (Lipinski definition) is 0. The van der Waals surface area contributed by atoms with Crippen LogP contribution in [0.5, 0.6) is 0 Å². The molecule has 1 heterocycles. The molecule has 322 valence electrons. The second-order valence-electron chi connectivity index (χ2n) is 17.6. The summed E-state index contributed by atoms with van der Waals surface area (Å²) in [5, 5.41) is 5.18. The van der Waals surface area contributed by atoms with Gasteiger partial charge in [-0.1, -0.05) is 207 Å². The first-order chi connectivity index (χ1) is 32.5. The first kappa shape index (κ1) is 42.5. The highest BCUT2D eigenvalue weighted by Crippen LogP contribution is 2.54. The molecular formula is C65H57N. The van der Waals surface area contributed by atoms with Crippen molar-refractivity contribution in [1.82, 2.24) is 4.57 Å². The molecule has 0 spiro atoms. The molecule has 0 N–H and O–H groups in total. The predicted molar refractivity (Wildman–Crippen MR) is 286 cm³/mol. The van der Waals surface area contributed by atoms with Crippen molar-refractivity contribution < 1.29 is 0 Å². The summed E-state index contributed by atoms with van der Waals surface area (Å²) >= 11 is 0. The average molecular weight is 852 g/mol. The molecule has 0 atom stereocenters. The van der Waals surface area contributed by atoms with Crippen molar-refractivity contribution in [3.05, 3.63) is 256 Å². The smallest absolute Gasteiger partial charge is 0.0541 e. The van der Waals surface area contributed by atoms with Gasteiger partial charge in [-0.2, -0.15) is 0 Å². The fourth-order valence-electron chi connectivity index (χ4n) is 10.3. The third-order valence-corrected chi connectivity index (χ3v) is 13.3. The van der Waals surface area contributed by atoms with Crippen molar-refractivity contribution >= 4 is 54.9 Å². The molecule has 1 nitrogen and oxygen atoms in total. The van der Waals surface area contributed by atoms with Gasteiger partial charge >= 0.3 is 0 Å². The summed E-state index contributed by atoms with van der Waals surface area (Å²) in [7, 11) is 0. The molecule has 0 unspecified atom stereocenters. The molecule has 13 rings (SSSR count). The van der Waals surface area contributed by atoms with Gasteiger partial charge in [-0.15, -0.1) is 0 Å². The van der Waals surface area contributed by atoms with Crippen molar-refractivity contribution in [2.24, 2.45) is 0 Å². The monoisotopic (exact) mass is 851 g/mol. The standard InChI is InChI=1S/C27H20.C23H17N.C13H14.C2H6/c1-17-14-15-21-20-10-4-7-13-24(20)27(25(21)16-17)26-22-11-5-2-8-18(22)19-9-3-6-12-23(19)26;1-16-10-13-23-21(14-16)20-8-4-5-9-22(20)24(23)19-12-11-17-6-2-3-7-18(17)15-19;1-11-7-9-13(10-8-11)12-5-3-2-4-6-12;1-2/h2-3,5-9,11-16H,4,10H2,1H3;2-15H,1H3;3,5-10H,2,4H2,1H3;1-2H3. The molecule has 1 aromatic heterocycles. The van der Waals surface area contributed by atoms with Crippen LogP contribution in [-0.2, 0) is 0 Å². The van der Waals surface area contributed by atoms with Crippen LogP contribution in [0.1, 0.15) is 84.0 Å². The Morgan fingerprint density at radius 3 is 1.77 bits per heavy atom. The normalized spacial score (nSPS) is 14.0. The zero-order chi connectivity index (χ0) is 45.1. The summed E-state index contributed by atoms with van der Waals surface area (Å²) in [6.45, 7) is 10.5. The van der Waals surface area contributed by atoms with Gasteiger partial charge in [0.15, 0.2) is 0 Å². The predicted octanol–water partition coefficient (Wildman–Crippen LogP) is 18.1. The lowest BCUT2D eigenvalue weighted by atomic mass is 9.89. The van der Waals surface area contributed by atoms with Crippen LogP contribution < -0.4 is 0 Å². The highest BCUT2D eigenvalue weighted by molar-refractivity contribution is 6.19. The molecule has 0 amide bonds. The van der Waals surface area contributed by atoms with E-state index < -0.39 is 0 Å². The van der Waals surface area contributed by atoms with Crippen LogP contribution in [0, 0.1) is 20.8 Å². The van der Waals surface area contributed by atoms with Crippen LogP contribution in [0.25, 0.3) is 71.7 Å². The Balaban J connectivity index is 0.000000120. The number of hydrogen-bond donors (Lipinski definition) is 0. The Bertz CT molecular complexity index is 3400. The summed E-state index contributed by atoms with van der Waals surface area (Å²) in [4.78, 5) is 0. The fourth-order valence-corrected chi connectivity index (χ4v) is 10.3. The molecule has 9 aromatic rings. The van der Waals surface area contributed by atoms with Gasteiger partial charge in [0.1, 0.15) is 0 Å². The second-order valence-corrected chi connectivity index (χ2v) is 17.6. The van der Waals surface area contributed by atoms with E-state index in [9.17, 15) is 0 Å². The maximum atomic E-state index is 2.38. The van der Waals surface area contributed by atoms with E-state index in [0.717, 1.165) is 12.8 Å². The van der Waals surface area contributed by atoms with E-state index in [1.807, 2.05) is 13.8 Å². The van der Waals surface area contributed by atoms with Gasteiger partial charge in [0.2, 0.25) is 0 Å². The summed E-state index contributed by atoms with van der Waals surface area (Å²) in [5.74, 6) is 0. The Morgan fingerprint density at radius 2 is 1.03 bits per heavy atom. The minimum Gasteiger partial charge on any atom is -0.309 e. The lowest BCUT2D eigenvalue weighted by molar-refractivity contribution is 1.04. The number of benzene rings is 8. The zero-order valence-corrected chi connectivity index (χ0v) is 38.9. The highest BCUT2D eigenvalue weighted by Gasteiger charge is 2.33. The van der Waals surface area contributed by atoms with Crippen molar-refractivity contribution in [3.8, 4) is 16.8 Å². The molecule has 0 saturated heterocycles. The minimum absolute atomic E-state index is 1.14. The molecule has 66 heavy (non-hydrogen) atoms. The van der Waals surface area contributed by atoms with Gasteiger partial charge < -0.3 is 4.57 Å². The number of aryl methyl sites for hydroxylation is 3. The zero-order valence-electron chi connectivity index (χ0n) is 38.9. The van der Waals surface area contributed by atoms with Gasteiger partial charge in [-0.3, -0.25) is 0 Å². The molecule has 8 aromatic carbocycles. The van der Waals surface area contributed by atoms with E-state index in [1.54, 1.807) is 0 Å². The van der Waals surface area contributed by atoms with Crippen molar-refractivity contribution in [1.29, 1.82) is 0 Å². The van der Waals surface area contributed by atoms with Crippen LogP contribution in [0.3, 0.4) is 0 Å². The van der Waals surface area contributed by atoms with Gasteiger partial charge in [-0.05, 0) is 154 Å². The lowest BCUT2D eigenvalue weighted by Crippen LogP contribution is -1.93. The number of rotatable bonds is 2. The van der Waals surface area contributed by atoms with E-state index in [-0.39, 0.29) is 0 Å². The van der Waals surface area contributed by atoms with Gasteiger partial charge in [0.05, 0.1) is 11.0 Å². The topological polar surface area (TPSA) is 4.93 Å². The van der Waals surface area contributed by atoms with Crippen LogP contribution in [0.2, 0.25) is 0 Å². The maximum absolute atomic E-state index is 2.38. The van der Waals surface area contributed by atoms with Crippen molar-refractivity contribution in [2.75, 3.05) is 0 Å². The molecule has 0 fully saturated rings. The lowest BCUT2D eigenvalue weighted by Gasteiger charge is -2.14. The third kappa shape index (κ3) is 7.90. The molecule has 0 saturated carbocycles. The number of nitrogens with zero attached hydrogens (tertiary/aromatic N) is 1. The van der Waals surface area contributed by atoms with E-state index >= 15 is 0 Å². The summed E-state index contributed by atoms with van der Waals surface area (Å²) in [6, 6.07) is 64.0. The Kier molecular flexibility index (Phi) is 11.9. The van der Waals surface area contributed by atoms with E-state index in [4.69, 9.17) is 0 Å². The number of fused-ring (bicyclic) bond motifs is 9. The Hall–Kier alpha value is -7.48. The van der Waals surface area contributed by atoms with Crippen molar-refractivity contribution in [2.45, 2.75) is 60.3 Å². The van der Waals surface area contributed by atoms with E-state index in [0.29, 0.717) is 0 Å². The largest absolute Gasteiger partial charge is 0.309 e. The van der Waals surface area contributed by atoms with Crippen LogP contribution in [0.15, 0.2) is 212 Å². The molecule has 0 radical (unpaired) electrons. The quantitative estimate of drug-likeness (QED) is 0.163. The molecule has 0 bridgehead atoms. The Labute approximate surface area is 391 Å². The summed E-state index contributed by atoms with van der Waals surface area (Å²) in [5.41, 5.74) is 24.5. The third-order valence-electron chi connectivity index (χ3n) is 13.3. The highest BCUT2D eigenvalue weighted by atomic mass is 15.0. The number of allylic oxidation sites excluding steroid dienone is 9. The summed E-state index contributed by atoms with van der Waals surface area (Å²) < 4.78 is 2.37. The van der Waals surface area contributed by atoms with Gasteiger partial charge in [0.25, 0.3) is 0 Å². The molecule has 0 aliphatic heterocycles. The molecule has 4 aliphatic carbocycles. The maximum Gasteiger partial charge on any atom is 0.0541 e. The first-order valence-electron chi connectivity index (χ1n) is 23.9. The summed E-state index contributed by atoms with van der Waals surface area (Å²) in [6.07, 6.45) is 16.1. The molecule has 1 heteroatoms. The van der Waals surface area contributed by atoms with E-state index in [2.05, 4.69) is 232 Å². The molecular weight excluding hydrogens is 795 g/mol. The minimum atomic E-state index is 1.14. The first-order valence-corrected chi connectivity index (χ1v) is 23.9. The number of para-hydroxylation sites is 1. The van der Waals surface area contributed by atoms with E-state index in [1.165, 1.54) is 135 Å². The van der Waals surface area contributed by atoms with Crippen LogP contribution >= 0.6 is 0 Å². The van der Waals surface area contributed by atoms with Gasteiger partial charge in [0, 0.05) is 16.5 Å². The Morgan fingerprint density at radius 1 is 0.409 bits per heavy atom. The average Bonchev–Trinajstić information content (AvgIpc) is 4.00. The molecule has 4 aliphatic rings. The second kappa shape index (κ2) is 18.6. The van der Waals surface area contributed by atoms with Crippen LogP contribution in [-0.4, -0.2) is 4.57 Å². The SMILES string of the molecule is CC.Cc1ccc(C2=CCCC=C2)cc1.Cc1ccc2c(c1)C(=C1c3ccccc3-c3ccccc31)C1=C2CCC=C1.Cc1ccc2c(c1)c1ccccc1n2-c1ccc2ccccc2c1.